The Morgan fingerprint density at radius 1 is 0.946 bits per heavy atom. The van der Waals surface area contributed by atoms with Crippen molar-refractivity contribution in [2.24, 2.45) is 0 Å². The predicted octanol–water partition coefficient (Wildman–Crippen LogP) is 3.73. The highest BCUT2D eigenvalue weighted by molar-refractivity contribution is 6.34. The van der Waals surface area contributed by atoms with Crippen LogP contribution in [-0.4, -0.2) is 49.9 Å². The second-order valence-electron chi connectivity index (χ2n) is 13.8. The number of nitrogens with zero attached hydrogens (tertiary/aromatic N) is 4. The van der Waals surface area contributed by atoms with Crippen LogP contribution in [-0.2, 0) is 25.9 Å². The minimum atomic E-state index is -1.03. The van der Waals surface area contributed by atoms with E-state index in [2.05, 4.69) is 26.0 Å². The molecule has 0 saturated carbocycles. The zero-order valence-corrected chi connectivity index (χ0v) is 30.6. The summed E-state index contributed by atoms with van der Waals surface area (Å²) in [7, 11) is 0. The van der Waals surface area contributed by atoms with Crippen LogP contribution in [0.25, 0.3) is 5.65 Å². The number of nitrogen functional groups attached to an aromatic ring is 1. The van der Waals surface area contributed by atoms with Crippen LogP contribution in [0.1, 0.15) is 87.5 Å². The Balaban J connectivity index is 1.08. The highest BCUT2D eigenvalue weighted by Crippen LogP contribution is 2.35. The van der Waals surface area contributed by atoms with E-state index in [1.165, 1.54) is 22.8 Å². The van der Waals surface area contributed by atoms with E-state index in [0.717, 1.165) is 27.8 Å². The lowest BCUT2D eigenvalue weighted by Crippen LogP contribution is -2.44. The number of anilines is 3. The fourth-order valence-electron chi connectivity index (χ4n) is 7.54. The number of carboxylic acids is 1. The van der Waals surface area contributed by atoms with Gasteiger partial charge >= 0.3 is 5.97 Å². The SMILES string of the molecule is Cc1c(C(=O)O)ccc2c1CC[C@@H]2NC(=O)c1cc(C(=O)NCc2ccc3c(c2)CN(c2c(N)c(=O)c2=O)CC3)nc2c(C(=O)Nc3ccccc3Cl)cnn12. The zero-order chi connectivity index (χ0) is 39.4. The molecular formula is C40H33ClN8O7. The number of rotatable bonds is 9. The summed E-state index contributed by atoms with van der Waals surface area (Å²) in [5.41, 5.74) is 10.1. The third kappa shape index (κ3) is 6.30. The van der Waals surface area contributed by atoms with Crippen LogP contribution in [0.4, 0.5) is 17.1 Å². The fourth-order valence-corrected chi connectivity index (χ4v) is 7.73. The first-order chi connectivity index (χ1) is 26.9. The summed E-state index contributed by atoms with van der Waals surface area (Å²) in [5, 5.41) is 22.8. The first-order valence-corrected chi connectivity index (χ1v) is 18.1. The lowest BCUT2D eigenvalue weighted by atomic mass is 9.96. The number of nitrogens with one attached hydrogen (secondary N) is 3. The Morgan fingerprint density at radius 2 is 1.75 bits per heavy atom. The van der Waals surface area contributed by atoms with Gasteiger partial charge in [0.25, 0.3) is 28.6 Å². The van der Waals surface area contributed by atoms with Gasteiger partial charge in [-0.05, 0) is 77.8 Å². The van der Waals surface area contributed by atoms with Gasteiger partial charge in [0.1, 0.15) is 28.3 Å². The van der Waals surface area contributed by atoms with E-state index in [1.54, 1.807) is 42.2 Å². The van der Waals surface area contributed by atoms with E-state index in [0.29, 0.717) is 48.6 Å². The molecule has 6 aromatic rings. The molecule has 1 atom stereocenters. The zero-order valence-electron chi connectivity index (χ0n) is 29.8. The fraction of sp³-hybridized carbons (Fsp3) is 0.200. The largest absolute Gasteiger partial charge is 0.478 e. The standard InChI is InChI=1S/C40H33ClN8O7/c1-19-23-10-11-28(25(23)9-8-24(19)40(55)56)46-39(54)31-15-30(45-36-26(17-44-49(31)36)37(52)47-29-5-3-2-4-27(29)41)38(53)43-16-20-6-7-21-12-13-48(18-22(21)14-20)33-32(42)34(50)35(33)51/h2-9,14-15,17,28H,10-13,16,18,42H2,1H3,(H,43,53)(H,46,54)(H,47,52)(H,55,56)/t28-/m0/s1. The average Bonchev–Trinajstić information content (AvgIpc) is 3.82. The van der Waals surface area contributed by atoms with Gasteiger partial charge in [0.2, 0.25) is 0 Å². The number of amides is 3. The first kappa shape index (κ1) is 36.1. The van der Waals surface area contributed by atoms with Crippen molar-refractivity contribution < 1.29 is 24.3 Å². The highest BCUT2D eigenvalue weighted by atomic mass is 35.5. The minimum Gasteiger partial charge on any atom is -0.478 e. The Bertz CT molecular complexity index is 2730. The van der Waals surface area contributed by atoms with E-state index < -0.39 is 40.6 Å². The van der Waals surface area contributed by atoms with Crippen molar-refractivity contribution in [2.45, 2.75) is 45.3 Å². The number of benzene rings is 3. The van der Waals surface area contributed by atoms with Gasteiger partial charge in [-0.1, -0.05) is 48.0 Å². The lowest BCUT2D eigenvalue weighted by Gasteiger charge is -2.32. The predicted molar refractivity (Wildman–Crippen MR) is 207 cm³/mol. The Hall–Kier alpha value is -6.87. The van der Waals surface area contributed by atoms with Crippen molar-refractivity contribution in [2.75, 3.05) is 22.5 Å². The van der Waals surface area contributed by atoms with Gasteiger partial charge in [-0.15, -0.1) is 0 Å². The molecule has 3 amide bonds. The quantitative estimate of drug-likeness (QED) is 0.133. The van der Waals surface area contributed by atoms with Crippen molar-refractivity contribution in [1.29, 1.82) is 0 Å². The molecule has 282 valence electrons. The molecule has 0 radical (unpaired) electrons. The van der Waals surface area contributed by atoms with E-state index in [4.69, 9.17) is 17.3 Å². The van der Waals surface area contributed by atoms with E-state index in [-0.39, 0.29) is 46.1 Å². The van der Waals surface area contributed by atoms with Gasteiger partial charge < -0.3 is 31.7 Å². The number of hydrogen-bond donors (Lipinski definition) is 5. The molecule has 0 spiro atoms. The molecule has 4 aromatic carbocycles. The maximum atomic E-state index is 14.1. The Kier molecular flexibility index (Phi) is 9.08. The summed E-state index contributed by atoms with van der Waals surface area (Å²) in [4.78, 5) is 83.3. The van der Waals surface area contributed by atoms with Crippen LogP contribution in [0.2, 0.25) is 5.02 Å². The maximum absolute atomic E-state index is 14.1. The minimum absolute atomic E-state index is 0.0155. The molecule has 6 N–H and O–H groups in total. The molecule has 8 rings (SSSR count). The molecule has 0 saturated heterocycles. The van der Waals surface area contributed by atoms with E-state index in [9.17, 15) is 33.9 Å². The van der Waals surface area contributed by atoms with Crippen LogP contribution in [0.5, 0.6) is 0 Å². The van der Waals surface area contributed by atoms with E-state index >= 15 is 0 Å². The molecule has 3 heterocycles. The molecule has 1 aliphatic carbocycles. The Morgan fingerprint density at radius 3 is 2.52 bits per heavy atom. The number of fused-ring (bicyclic) bond motifs is 3. The number of hydrogen-bond acceptors (Lipinski definition) is 10. The van der Waals surface area contributed by atoms with Crippen LogP contribution in [0, 0.1) is 6.92 Å². The van der Waals surface area contributed by atoms with Gasteiger partial charge in [-0.2, -0.15) is 5.10 Å². The van der Waals surface area contributed by atoms with Crippen molar-refractivity contribution in [3.05, 3.63) is 148 Å². The van der Waals surface area contributed by atoms with E-state index in [1.807, 2.05) is 18.2 Å². The van der Waals surface area contributed by atoms with Gasteiger partial charge in [0.15, 0.2) is 5.65 Å². The van der Waals surface area contributed by atoms with Crippen LogP contribution < -0.4 is 37.4 Å². The number of halogens is 1. The number of carbonyl (C=O) groups excluding carboxylic acids is 3. The molecule has 56 heavy (non-hydrogen) atoms. The third-order valence-corrected chi connectivity index (χ3v) is 10.8. The second-order valence-corrected chi connectivity index (χ2v) is 14.2. The maximum Gasteiger partial charge on any atom is 0.335 e. The van der Waals surface area contributed by atoms with Gasteiger partial charge in [0, 0.05) is 25.7 Å². The topological polar surface area (TPSA) is 218 Å². The molecule has 15 nitrogen and oxygen atoms in total. The molecule has 0 unspecified atom stereocenters. The van der Waals surface area contributed by atoms with Crippen molar-refractivity contribution in [3.8, 4) is 0 Å². The molecule has 0 fully saturated rings. The third-order valence-electron chi connectivity index (χ3n) is 10.5. The van der Waals surface area contributed by atoms with Gasteiger partial charge in [-0.3, -0.25) is 24.0 Å². The number of carbonyl (C=O) groups is 4. The number of nitrogens with two attached hydrogens (primary N) is 1. The summed E-state index contributed by atoms with van der Waals surface area (Å²) in [6, 6.07) is 16.5. The van der Waals surface area contributed by atoms with Gasteiger partial charge in [-0.25, -0.2) is 14.3 Å². The molecule has 1 aliphatic heterocycles. The molecule has 0 bridgehead atoms. The summed E-state index contributed by atoms with van der Waals surface area (Å²) in [5.74, 6) is -2.86. The van der Waals surface area contributed by atoms with Gasteiger partial charge in [0.05, 0.1) is 28.5 Å². The van der Waals surface area contributed by atoms with Crippen molar-refractivity contribution >= 4 is 58.0 Å². The average molecular weight is 773 g/mol. The summed E-state index contributed by atoms with van der Waals surface area (Å²) in [6.07, 6.45) is 2.98. The second kappa shape index (κ2) is 14.1. The molecular weight excluding hydrogens is 740 g/mol. The lowest BCUT2D eigenvalue weighted by molar-refractivity contribution is 0.0695. The van der Waals surface area contributed by atoms with Crippen LogP contribution in [0.15, 0.2) is 76.4 Å². The molecule has 2 aliphatic rings. The molecule has 16 heteroatoms. The smallest absolute Gasteiger partial charge is 0.335 e. The summed E-state index contributed by atoms with van der Waals surface area (Å²) in [6.45, 7) is 2.73. The first-order valence-electron chi connectivity index (χ1n) is 17.7. The molecule has 2 aromatic heterocycles. The summed E-state index contributed by atoms with van der Waals surface area (Å²) < 4.78 is 1.19. The Labute approximate surface area is 322 Å². The normalized spacial score (nSPS) is 14.7. The number of para-hydroxylation sites is 1. The van der Waals surface area contributed by atoms with Crippen LogP contribution in [0.3, 0.4) is 0 Å². The number of aromatic nitrogens is 3. The highest BCUT2D eigenvalue weighted by Gasteiger charge is 2.30. The summed E-state index contributed by atoms with van der Waals surface area (Å²) >= 11 is 6.28. The van der Waals surface area contributed by atoms with Crippen molar-refractivity contribution in [3.63, 3.8) is 0 Å². The van der Waals surface area contributed by atoms with Crippen LogP contribution >= 0.6 is 11.6 Å². The number of aromatic carboxylic acids is 1. The number of carboxylic acid groups (broad SMARTS) is 1. The van der Waals surface area contributed by atoms with Crippen molar-refractivity contribution in [1.82, 2.24) is 25.2 Å². The monoisotopic (exact) mass is 772 g/mol.